The van der Waals surface area contributed by atoms with Gasteiger partial charge in [-0.3, -0.25) is 4.79 Å². The molecule has 1 aliphatic heterocycles. The van der Waals surface area contributed by atoms with E-state index in [4.69, 9.17) is 13.9 Å². The maximum atomic E-state index is 12.5. The summed E-state index contributed by atoms with van der Waals surface area (Å²) >= 11 is 0. The van der Waals surface area contributed by atoms with Gasteiger partial charge in [0.15, 0.2) is 5.43 Å². The normalized spacial score (nSPS) is 25.7. The molecule has 11 heteroatoms. The van der Waals surface area contributed by atoms with Crippen LogP contribution in [-0.4, -0.2) is 73.1 Å². The minimum absolute atomic E-state index is 0.0629. The fraction of sp³-hybridized carbons (Fsp3) is 0.286. The van der Waals surface area contributed by atoms with Crippen molar-refractivity contribution in [2.24, 2.45) is 0 Å². The van der Waals surface area contributed by atoms with Crippen molar-refractivity contribution in [3.8, 4) is 34.3 Å². The second kappa shape index (κ2) is 8.30. The number of aliphatic hydroxyl groups excluding tert-OH is 4. The fourth-order valence-electron chi connectivity index (χ4n) is 3.49. The van der Waals surface area contributed by atoms with Crippen molar-refractivity contribution in [3.05, 3.63) is 46.6 Å². The predicted octanol–water partition coefficient (Wildman–Crippen LogP) is -0.245. The van der Waals surface area contributed by atoms with E-state index in [1.165, 1.54) is 12.1 Å². The minimum Gasteiger partial charge on any atom is -0.508 e. The van der Waals surface area contributed by atoms with Crippen LogP contribution in [0, 0.1) is 0 Å². The Kier molecular flexibility index (Phi) is 5.67. The Labute approximate surface area is 179 Å². The highest BCUT2D eigenvalue weighted by Crippen LogP contribution is 2.37. The Morgan fingerprint density at radius 1 is 0.906 bits per heavy atom. The van der Waals surface area contributed by atoms with Crippen LogP contribution in [0.15, 0.2) is 45.6 Å². The number of hydrogen-bond acceptors (Lipinski definition) is 11. The van der Waals surface area contributed by atoms with Gasteiger partial charge in [-0.15, -0.1) is 0 Å². The highest BCUT2D eigenvalue weighted by atomic mass is 16.7. The molecule has 1 aromatic heterocycles. The van der Waals surface area contributed by atoms with Crippen LogP contribution in [0.1, 0.15) is 0 Å². The summed E-state index contributed by atoms with van der Waals surface area (Å²) in [6, 6.07) is 6.96. The molecular formula is C21H20O11. The molecule has 0 bridgehead atoms. The van der Waals surface area contributed by atoms with E-state index < -0.39 is 48.5 Å². The molecule has 0 amide bonds. The lowest BCUT2D eigenvalue weighted by Crippen LogP contribution is -2.60. The van der Waals surface area contributed by atoms with Crippen LogP contribution in [0.4, 0.5) is 0 Å². The van der Waals surface area contributed by atoms with Gasteiger partial charge in [0, 0.05) is 24.3 Å². The molecule has 32 heavy (non-hydrogen) atoms. The topological polar surface area (TPSA) is 190 Å². The molecule has 170 valence electrons. The van der Waals surface area contributed by atoms with Crippen molar-refractivity contribution in [1.82, 2.24) is 0 Å². The van der Waals surface area contributed by atoms with Gasteiger partial charge >= 0.3 is 0 Å². The van der Waals surface area contributed by atoms with E-state index in [-0.39, 0.29) is 39.5 Å². The van der Waals surface area contributed by atoms with Crippen LogP contribution in [0.2, 0.25) is 0 Å². The Morgan fingerprint density at radius 3 is 2.38 bits per heavy atom. The molecule has 11 nitrogen and oxygen atoms in total. The number of aliphatic hydroxyl groups is 4. The first-order valence-electron chi connectivity index (χ1n) is 9.50. The lowest BCUT2D eigenvalue weighted by Gasteiger charge is -2.39. The molecule has 0 spiro atoms. The first kappa shape index (κ1) is 21.9. The van der Waals surface area contributed by atoms with Gasteiger partial charge in [-0.2, -0.15) is 0 Å². The molecule has 1 fully saturated rings. The van der Waals surface area contributed by atoms with Gasteiger partial charge in [0.2, 0.25) is 6.29 Å². The van der Waals surface area contributed by atoms with E-state index in [1.807, 2.05) is 0 Å². The molecule has 1 aliphatic rings. The van der Waals surface area contributed by atoms with E-state index in [9.17, 15) is 40.5 Å². The van der Waals surface area contributed by atoms with Crippen LogP contribution < -0.4 is 10.2 Å². The molecule has 0 aliphatic carbocycles. The van der Waals surface area contributed by atoms with Crippen molar-refractivity contribution in [2.45, 2.75) is 30.7 Å². The monoisotopic (exact) mass is 448 g/mol. The number of benzene rings is 2. The summed E-state index contributed by atoms with van der Waals surface area (Å²) in [6.45, 7) is -0.662. The Hall–Kier alpha value is -3.35. The molecule has 7 N–H and O–H groups in total. The molecule has 0 unspecified atom stereocenters. The van der Waals surface area contributed by atoms with E-state index >= 15 is 0 Å². The van der Waals surface area contributed by atoms with Crippen molar-refractivity contribution in [3.63, 3.8) is 0 Å². The van der Waals surface area contributed by atoms with Crippen molar-refractivity contribution in [2.75, 3.05) is 6.61 Å². The third kappa shape index (κ3) is 3.83. The predicted molar refractivity (Wildman–Crippen MR) is 107 cm³/mol. The molecule has 2 heterocycles. The third-order valence-electron chi connectivity index (χ3n) is 5.12. The van der Waals surface area contributed by atoms with Gasteiger partial charge in [-0.25, -0.2) is 0 Å². The first-order chi connectivity index (χ1) is 15.2. The molecule has 4 rings (SSSR count). The number of ether oxygens (including phenoxy) is 2. The van der Waals surface area contributed by atoms with Crippen molar-refractivity contribution < 1.29 is 49.6 Å². The summed E-state index contributed by atoms with van der Waals surface area (Å²) in [7, 11) is 0. The van der Waals surface area contributed by atoms with Crippen LogP contribution in [-0.2, 0) is 4.74 Å². The molecular weight excluding hydrogens is 428 g/mol. The SMILES string of the molecule is O=c1cc(-c2ccc(O)cc2O[C@H]2O[C@H](CO)[C@H](O)[C@H](O)[C@H]2O)oc2cc(O)cc(O)c12. The Morgan fingerprint density at radius 2 is 1.66 bits per heavy atom. The zero-order valence-corrected chi connectivity index (χ0v) is 16.3. The average molecular weight is 448 g/mol. The highest BCUT2D eigenvalue weighted by molar-refractivity contribution is 5.86. The standard InChI is InChI=1S/C21H20O11/c22-7-16-18(27)19(28)20(29)21(32-16)31-13-4-8(23)1-2-10(13)14-6-12(26)17-11(25)3-9(24)5-15(17)30-14/h1-6,16,18-25,27-29H,7H2/t16-,18+,19+,20-,21+/m1/s1. The molecule has 3 aromatic rings. The van der Waals surface area contributed by atoms with Crippen molar-refractivity contribution >= 4 is 11.0 Å². The summed E-state index contributed by atoms with van der Waals surface area (Å²) < 4.78 is 16.6. The minimum atomic E-state index is -1.71. The molecule has 0 saturated carbocycles. The zero-order chi connectivity index (χ0) is 23.2. The quantitative estimate of drug-likeness (QED) is 0.279. The van der Waals surface area contributed by atoms with Gasteiger partial charge < -0.3 is 49.6 Å². The van der Waals surface area contributed by atoms with Gasteiger partial charge in [-0.05, 0) is 12.1 Å². The molecule has 5 atom stereocenters. The summed E-state index contributed by atoms with van der Waals surface area (Å²) in [5.74, 6) is -1.23. The van der Waals surface area contributed by atoms with Crippen LogP contribution in [0.25, 0.3) is 22.3 Å². The number of fused-ring (bicyclic) bond motifs is 1. The largest absolute Gasteiger partial charge is 0.508 e. The smallest absolute Gasteiger partial charge is 0.229 e. The van der Waals surface area contributed by atoms with Crippen LogP contribution in [0.5, 0.6) is 23.0 Å². The number of phenols is 3. The van der Waals surface area contributed by atoms with Gasteiger partial charge in [-0.1, -0.05) is 0 Å². The maximum absolute atomic E-state index is 12.5. The summed E-state index contributed by atoms with van der Waals surface area (Å²) in [6.07, 6.45) is -7.75. The van der Waals surface area contributed by atoms with Gasteiger partial charge in [0.1, 0.15) is 64.1 Å². The van der Waals surface area contributed by atoms with E-state index in [0.717, 1.165) is 24.3 Å². The first-order valence-corrected chi connectivity index (χ1v) is 9.50. The summed E-state index contributed by atoms with van der Waals surface area (Å²) in [5.41, 5.74) is -0.607. The Bertz CT molecular complexity index is 1200. The second-order valence-electron chi connectivity index (χ2n) is 7.31. The van der Waals surface area contributed by atoms with E-state index in [1.54, 1.807) is 0 Å². The number of rotatable bonds is 4. The summed E-state index contributed by atoms with van der Waals surface area (Å²) in [4.78, 5) is 12.5. The zero-order valence-electron chi connectivity index (χ0n) is 16.3. The van der Waals surface area contributed by atoms with E-state index in [0.29, 0.717) is 0 Å². The lowest BCUT2D eigenvalue weighted by molar-refractivity contribution is -0.277. The maximum Gasteiger partial charge on any atom is 0.229 e. The van der Waals surface area contributed by atoms with Crippen LogP contribution >= 0.6 is 0 Å². The summed E-state index contributed by atoms with van der Waals surface area (Å²) in [5, 5.41) is 68.8. The van der Waals surface area contributed by atoms with Crippen LogP contribution in [0.3, 0.4) is 0 Å². The molecule has 1 saturated heterocycles. The lowest BCUT2D eigenvalue weighted by atomic mass is 9.99. The molecule has 0 radical (unpaired) electrons. The Balaban J connectivity index is 1.77. The van der Waals surface area contributed by atoms with Crippen molar-refractivity contribution in [1.29, 1.82) is 0 Å². The number of phenolic OH excluding ortho intramolecular Hbond substituents is 3. The second-order valence-corrected chi connectivity index (χ2v) is 7.31. The molecule has 2 aromatic carbocycles. The average Bonchev–Trinajstić information content (AvgIpc) is 2.73. The van der Waals surface area contributed by atoms with Gasteiger partial charge in [0.05, 0.1) is 12.2 Å². The number of hydrogen-bond donors (Lipinski definition) is 7. The number of aromatic hydroxyl groups is 3. The third-order valence-corrected chi connectivity index (χ3v) is 5.12. The van der Waals surface area contributed by atoms with Gasteiger partial charge in [0.25, 0.3) is 0 Å². The fourth-order valence-corrected chi connectivity index (χ4v) is 3.49. The van der Waals surface area contributed by atoms with E-state index in [2.05, 4.69) is 0 Å². The highest BCUT2D eigenvalue weighted by Gasteiger charge is 2.45.